The summed E-state index contributed by atoms with van der Waals surface area (Å²) >= 11 is 12.6. The minimum absolute atomic E-state index is 0.0494. The molecule has 4 heteroatoms. The highest BCUT2D eigenvalue weighted by Gasteiger charge is 2.13. The molecule has 0 aliphatic rings. The van der Waals surface area contributed by atoms with Crippen LogP contribution in [0.3, 0.4) is 0 Å². The zero-order valence-corrected chi connectivity index (χ0v) is 10.8. The van der Waals surface area contributed by atoms with E-state index < -0.39 is 5.38 Å². The summed E-state index contributed by atoms with van der Waals surface area (Å²) in [5.41, 5.74) is 0.801. The van der Waals surface area contributed by atoms with Gasteiger partial charge in [0, 0.05) is 8.95 Å². The number of carbonyl (C=O) groups is 1. The number of alkyl halides is 1. The van der Waals surface area contributed by atoms with Crippen molar-refractivity contribution in [1.82, 2.24) is 0 Å². The maximum absolute atomic E-state index is 11.0. The van der Waals surface area contributed by atoms with Crippen molar-refractivity contribution in [2.45, 2.75) is 12.3 Å². The Bertz CT molecular complexity index is 318. The first-order valence-electron chi connectivity index (χ1n) is 3.61. The molecule has 0 saturated carbocycles. The lowest BCUT2D eigenvalue weighted by molar-refractivity contribution is -0.116. The van der Waals surface area contributed by atoms with Crippen LogP contribution in [0.25, 0.3) is 0 Å². The van der Waals surface area contributed by atoms with Crippen LogP contribution in [0.4, 0.5) is 0 Å². The quantitative estimate of drug-likeness (QED) is 0.749. The Hall–Kier alpha value is 0.140. The Morgan fingerprint density at radius 1 is 1.31 bits per heavy atom. The largest absolute Gasteiger partial charge is 0.298 e. The molecule has 13 heavy (non-hydrogen) atoms. The van der Waals surface area contributed by atoms with Crippen LogP contribution < -0.4 is 0 Å². The minimum Gasteiger partial charge on any atom is -0.298 e. The van der Waals surface area contributed by atoms with Crippen molar-refractivity contribution in [1.29, 1.82) is 0 Å². The van der Waals surface area contributed by atoms with Crippen molar-refractivity contribution in [2.24, 2.45) is 0 Å². The van der Waals surface area contributed by atoms with Crippen LogP contribution in [-0.4, -0.2) is 5.78 Å². The predicted molar refractivity (Wildman–Crippen MR) is 61.1 cm³/mol. The molecule has 70 valence electrons. The Morgan fingerprint density at radius 3 is 2.15 bits per heavy atom. The summed E-state index contributed by atoms with van der Waals surface area (Å²) in [5, 5.41) is -0.561. The molecule has 0 heterocycles. The number of benzene rings is 1. The summed E-state index contributed by atoms with van der Waals surface area (Å²) in [6.45, 7) is 1.48. The van der Waals surface area contributed by atoms with Gasteiger partial charge in [0.25, 0.3) is 0 Å². The highest BCUT2D eigenvalue weighted by Crippen LogP contribution is 2.28. The van der Waals surface area contributed by atoms with Gasteiger partial charge in [0.2, 0.25) is 0 Å². The van der Waals surface area contributed by atoms with Gasteiger partial charge in [-0.3, -0.25) is 4.79 Å². The third kappa shape index (κ3) is 3.08. The number of ketones is 1. The molecule has 0 bridgehead atoms. The lowest BCUT2D eigenvalue weighted by atomic mass is 10.1. The summed E-state index contributed by atoms with van der Waals surface area (Å²) in [6, 6.07) is 5.57. The Kier molecular flexibility index (Phi) is 3.95. The maximum Gasteiger partial charge on any atom is 0.152 e. The molecular formula is C9H7Br2ClO. The smallest absolute Gasteiger partial charge is 0.152 e. The molecule has 0 aliphatic heterocycles. The molecule has 0 radical (unpaired) electrons. The van der Waals surface area contributed by atoms with Crippen LogP contribution in [0.5, 0.6) is 0 Å². The van der Waals surface area contributed by atoms with E-state index in [0.29, 0.717) is 0 Å². The Balaban J connectivity index is 3.07. The molecule has 0 amide bonds. The van der Waals surface area contributed by atoms with Crippen molar-refractivity contribution in [3.05, 3.63) is 32.7 Å². The summed E-state index contributed by atoms with van der Waals surface area (Å²) in [7, 11) is 0. The standard InChI is InChI=1S/C9H7Br2ClO/c1-5(13)9(12)6-2-7(10)4-8(11)3-6/h2-4,9H,1H3. The average Bonchev–Trinajstić information content (AvgIpc) is 2.01. The van der Waals surface area contributed by atoms with E-state index in [1.807, 2.05) is 18.2 Å². The van der Waals surface area contributed by atoms with E-state index in [-0.39, 0.29) is 5.78 Å². The van der Waals surface area contributed by atoms with Crippen LogP contribution in [0.1, 0.15) is 17.9 Å². The third-order valence-corrected chi connectivity index (χ3v) is 3.01. The first-order valence-corrected chi connectivity index (χ1v) is 5.63. The van der Waals surface area contributed by atoms with Gasteiger partial charge in [0.15, 0.2) is 5.78 Å². The molecule has 1 aromatic rings. The molecule has 1 atom stereocenters. The number of carbonyl (C=O) groups excluding carboxylic acids is 1. The maximum atomic E-state index is 11.0. The van der Waals surface area contributed by atoms with E-state index in [1.54, 1.807) is 0 Å². The van der Waals surface area contributed by atoms with Crippen LogP contribution >= 0.6 is 43.5 Å². The molecule has 0 aromatic heterocycles. The fraction of sp³-hybridized carbons (Fsp3) is 0.222. The van der Waals surface area contributed by atoms with Crippen molar-refractivity contribution < 1.29 is 4.79 Å². The van der Waals surface area contributed by atoms with Gasteiger partial charge in [0.1, 0.15) is 5.38 Å². The van der Waals surface area contributed by atoms with Crippen molar-refractivity contribution >= 4 is 49.2 Å². The fourth-order valence-electron chi connectivity index (χ4n) is 0.956. The highest BCUT2D eigenvalue weighted by atomic mass is 79.9. The third-order valence-electron chi connectivity index (χ3n) is 1.53. The fourth-order valence-corrected chi connectivity index (χ4v) is 2.41. The van der Waals surface area contributed by atoms with Gasteiger partial charge in [-0.15, -0.1) is 11.6 Å². The van der Waals surface area contributed by atoms with E-state index in [0.717, 1.165) is 14.5 Å². The molecule has 1 unspecified atom stereocenters. The van der Waals surface area contributed by atoms with Gasteiger partial charge in [-0.25, -0.2) is 0 Å². The number of hydrogen-bond acceptors (Lipinski definition) is 1. The Labute approximate surface area is 98.7 Å². The minimum atomic E-state index is -0.561. The van der Waals surface area contributed by atoms with E-state index in [4.69, 9.17) is 11.6 Å². The molecular weight excluding hydrogens is 319 g/mol. The molecule has 0 saturated heterocycles. The van der Waals surface area contributed by atoms with E-state index in [1.165, 1.54) is 6.92 Å². The molecule has 1 rings (SSSR count). The first-order chi connectivity index (χ1) is 6.00. The zero-order valence-electron chi connectivity index (χ0n) is 6.85. The average molecular weight is 326 g/mol. The van der Waals surface area contributed by atoms with Gasteiger partial charge in [-0.2, -0.15) is 0 Å². The molecule has 0 N–H and O–H groups in total. The second kappa shape index (κ2) is 4.58. The van der Waals surface area contributed by atoms with Gasteiger partial charge >= 0.3 is 0 Å². The molecule has 0 spiro atoms. The molecule has 0 aliphatic carbocycles. The SMILES string of the molecule is CC(=O)C(Cl)c1cc(Br)cc(Br)c1. The number of Topliss-reactive ketones (excluding diaryl/α,β-unsaturated/α-hetero) is 1. The number of hydrogen-bond donors (Lipinski definition) is 0. The normalized spacial score (nSPS) is 12.6. The van der Waals surface area contributed by atoms with E-state index in [9.17, 15) is 4.79 Å². The van der Waals surface area contributed by atoms with Crippen molar-refractivity contribution in [3.8, 4) is 0 Å². The summed E-state index contributed by atoms with van der Waals surface area (Å²) < 4.78 is 1.81. The number of rotatable bonds is 2. The van der Waals surface area contributed by atoms with Crippen molar-refractivity contribution in [2.75, 3.05) is 0 Å². The lowest BCUT2D eigenvalue weighted by Crippen LogP contribution is -2.01. The highest BCUT2D eigenvalue weighted by molar-refractivity contribution is 9.11. The van der Waals surface area contributed by atoms with Gasteiger partial charge in [-0.05, 0) is 30.7 Å². The van der Waals surface area contributed by atoms with Gasteiger partial charge in [0.05, 0.1) is 0 Å². The van der Waals surface area contributed by atoms with Crippen LogP contribution in [0.15, 0.2) is 27.1 Å². The summed E-state index contributed by atoms with van der Waals surface area (Å²) in [6.07, 6.45) is 0. The topological polar surface area (TPSA) is 17.1 Å². The van der Waals surface area contributed by atoms with Crippen LogP contribution in [0, 0.1) is 0 Å². The van der Waals surface area contributed by atoms with Gasteiger partial charge in [-0.1, -0.05) is 31.9 Å². The second-order valence-corrected chi connectivity index (χ2v) is 4.94. The van der Waals surface area contributed by atoms with Crippen LogP contribution in [-0.2, 0) is 4.79 Å². The lowest BCUT2D eigenvalue weighted by Gasteiger charge is -2.06. The zero-order chi connectivity index (χ0) is 10.0. The van der Waals surface area contributed by atoms with Gasteiger partial charge < -0.3 is 0 Å². The first kappa shape index (κ1) is 11.2. The van der Waals surface area contributed by atoms with Crippen molar-refractivity contribution in [3.63, 3.8) is 0 Å². The predicted octanol–water partition coefficient (Wildman–Crippen LogP) is 4.08. The monoisotopic (exact) mass is 324 g/mol. The molecule has 0 fully saturated rings. The molecule has 1 aromatic carbocycles. The summed E-state index contributed by atoms with van der Waals surface area (Å²) in [4.78, 5) is 11.0. The second-order valence-electron chi connectivity index (χ2n) is 2.68. The Morgan fingerprint density at radius 2 is 1.77 bits per heavy atom. The van der Waals surface area contributed by atoms with E-state index in [2.05, 4.69) is 31.9 Å². The number of halogens is 3. The van der Waals surface area contributed by atoms with Crippen LogP contribution in [0.2, 0.25) is 0 Å². The summed E-state index contributed by atoms with van der Waals surface area (Å²) in [5.74, 6) is -0.0494. The van der Waals surface area contributed by atoms with E-state index >= 15 is 0 Å². The molecule has 1 nitrogen and oxygen atoms in total.